The van der Waals surface area contributed by atoms with Crippen molar-refractivity contribution in [3.8, 4) is 0 Å². The van der Waals surface area contributed by atoms with Crippen molar-refractivity contribution < 1.29 is 8.78 Å². The van der Waals surface area contributed by atoms with Crippen LogP contribution in [0.2, 0.25) is 0 Å². The van der Waals surface area contributed by atoms with Gasteiger partial charge in [-0.2, -0.15) is 0 Å². The average Bonchev–Trinajstić information content (AvgIpc) is 2.26. The van der Waals surface area contributed by atoms with Crippen molar-refractivity contribution in [2.75, 3.05) is 0 Å². The van der Waals surface area contributed by atoms with Crippen molar-refractivity contribution >= 4 is 0 Å². The van der Waals surface area contributed by atoms with Gasteiger partial charge in [-0.05, 0) is 19.8 Å². The Morgan fingerprint density at radius 2 is 1.31 bits per heavy atom. The van der Waals surface area contributed by atoms with Crippen LogP contribution in [0.4, 0.5) is 8.78 Å². The largest absolute Gasteiger partial charge is 0.209 e. The Balaban J connectivity index is 4.11. The monoisotopic (exact) mass is 232 g/mol. The lowest BCUT2D eigenvalue weighted by atomic mass is 9.93. The minimum Gasteiger partial charge on any atom is -0.209 e. The van der Waals surface area contributed by atoms with E-state index in [1.165, 1.54) is 6.92 Å². The number of rotatable bonds is 9. The van der Waals surface area contributed by atoms with Crippen LogP contribution in [0.3, 0.4) is 0 Å². The third-order valence-corrected chi connectivity index (χ3v) is 3.00. The van der Waals surface area contributed by atoms with Crippen LogP contribution < -0.4 is 0 Å². The zero-order chi connectivity index (χ0) is 12.4. The molecule has 0 bridgehead atoms. The van der Waals surface area contributed by atoms with Gasteiger partial charge in [0.1, 0.15) is 11.7 Å². The highest BCUT2D eigenvalue weighted by molar-refractivity contribution is 5.01. The van der Waals surface area contributed by atoms with E-state index in [2.05, 4.69) is 13.8 Å². The van der Waals surface area contributed by atoms with E-state index in [1.807, 2.05) is 0 Å². The molecule has 0 N–H and O–H groups in total. The fourth-order valence-corrected chi connectivity index (χ4v) is 1.96. The summed E-state index contributed by atoms with van der Waals surface area (Å²) in [5, 5.41) is 0. The van der Waals surface area contributed by atoms with E-state index in [0.717, 1.165) is 51.4 Å². The Labute approximate surface area is 99.1 Å². The van der Waals surface area contributed by atoms with Gasteiger partial charge in [0.05, 0.1) is 0 Å². The van der Waals surface area contributed by atoms with Gasteiger partial charge in [-0.25, -0.2) is 8.78 Å². The predicted octanol–water partition coefficient (Wildman–Crippen LogP) is 5.93. The van der Waals surface area contributed by atoms with Crippen LogP contribution in [0.5, 0.6) is 0 Å². The zero-order valence-electron chi connectivity index (χ0n) is 11.0. The maximum absolute atomic E-state index is 13.5. The maximum atomic E-state index is 13.5. The molecular formula is C14H26F2. The molecule has 0 fully saturated rings. The molecule has 0 rings (SSSR count). The average molecular weight is 232 g/mol. The minimum atomic E-state index is -0.627. The van der Waals surface area contributed by atoms with E-state index in [4.69, 9.17) is 0 Å². The molecule has 96 valence electrons. The molecule has 0 nitrogen and oxygen atoms in total. The smallest absolute Gasteiger partial charge is 0.134 e. The standard InChI is InChI=1S/C14H26F2/c1-4-6-8-10-13(11-9-7-5-2)14(16)12(3)15/h13H,4-11H2,1-3H3. The first-order valence-electron chi connectivity index (χ1n) is 6.65. The number of hydrogen-bond donors (Lipinski definition) is 0. The summed E-state index contributed by atoms with van der Waals surface area (Å²) in [5.41, 5.74) is 0. The first-order valence-corrected chi connectivity index (χ1v) is 6.65. The summed E-state index contributed by atoms with van der Waals surface area (Å²) in [5.74, 6) is -1.31. The maximum Gasteiger partial charge on any atom is 0.134 e. The van der Waals surface area contributed by atoms with Crippen LogP contribution in [0.25, 0.3) is 0 Å². The third-order valence-electron chi connectivity index (χ3n) is 3.00. The lowest BCUT2D eigenvalue weighted by Gasteiger charge is -2.15. The summed E-state index contributed by atoms with van der Waals surface area (Å²) < 4.78 is 26.4. The Morgan fingerprint density at radius 1 is 0.875 bits per heavy atom. The van der Waals surface area contributed by atoms with Crippen molar-refractivity contribution in [3.63, 3.8) is 0 Å². The normalized spacial score (nSPS) is 13.1. The van der Waals surface area contributed by atoms with Crippen LogP contribution in [0.1, 0.15) is 72.1 Å². The summed E-state index contributed by atoms with van der Waals surface area (Å²) in [6.07, 6.45) is 8.09. The molecule has 0 amide bonds. The SMILES string of the molecule is CCCCCC(CCCCC)C(F)=C(C)F. The molecule has 0 unspecified atom stereocenters. The molecule has 0 atom stereocenters. The molecule has 0 heterocycles. The highest BCUT2D eigenvalue weighted by Crippen LogP contribution is 2.28. The van der Waals surface area contributed by atoms with Crippen molar-refractivity contribution in [2.24, 2.45) is 5.92 Å². The van der Waals surface area contributed by atoms with Crippen molar-refractivity contribution in [1.29, 1.82) is 0 Å². The van der Waals surface area contributed by atoms with Crippen molar-refractivity contribution in [3.05, 3.63) is 11.7 Å². The van der Waals surface area contributed by atoms with E-state index in [1.54, 1.807) is 0 Å². The Bertz CT molecular complexity index is 183. The topological polar surface area (TPSA) is 0 Å². The Hall–Kier alpha value is -0.400. The fraction of sp³-hybridized carbons (Fsp3) is 0.857. The first kappa shape index (κ1) is 15.6. The summed E-state index contributed by atoms with van der Waals surface area (Å²) in [6, 6.07) is 0. The van der Waals surface area contributed by atoms with Gasteiger partial charge in [0, 0.05) is 5.92 Å². The second-order valence-corrected chi connectivity index (χ2v) is 4.57. The molecule has 0 saturated carbocycles. The number of unbranched alkanes of at least 4 members (excludes halogenated alkanes) is 4. The Kier molecular flexibility index (Phi) is 9.55. The molecule has 0 aromatic heterocycles. The van der Waals surface area contributed by atoms with E-state index >= 15 is 0 Å². The van der Waals surface area contributed by atoms with Crippen LogP contribution in [-0.4, -0.2) is 0 Å². The molecule has 0 aliphatic rings. The molecule has 16 heavy (non-hydrogen) atoms. The van der Waals surface area contributed by atoms with Gasteiger partial charge in [-0.3, -0.25) is 0 Å². The summed E-state index contributed by atoms with van der Waals surface area (Å²) in [4.78, 5) is 0. The minimum absolute atomic E-state index is 0.178. The summed E-state index contributed by atoms with van der Waals surface area (Å²) in [6.45, 7) is 5.47. The first-order chi connectivity index (χ1) is 7.63. The van der Waals surface area contributed by atoms with Gasteiger partial charge in [0.2, 0.25) is 0 Å². The second-order valence-electron chi connectivity index (χ2n) is 4.57. The molecule has 0 aliphatic carbocycles. The highest BCUT2D eigenvalue weighted by atomic mass is 19.2. The molecule has 0 aliphatic heterocycles. The summed E-state index contributed by atoms with van der Waals surface area (Å²) >= 11 is 0. The molecule has 0 spiro atoms. The molecule has 0 aromatic rings. The lowest BCUT2D eigenvalue weighted by Crippen LogP contribution is -2.03. The third kappa shape index (κ3) is 6.97. The van der Waals surface area contributed by atoms with Gasteiger partial charge in [0.25, 0.3) is 0 Å². The van der Waals surface area contributed by atoms with Gasteiger partial charge in [0.15, 0.2) is 0 Å². The predicted molar refractivity (Wildman–Crippen MR) is 66.7 cm³/mol. The van der Waals surface area contributed by atoms with Crippen LogP contribution in [0.15, 0.2) is 11.7 Å². The lowest BCUT2D eigenvalue weighted by molar-refractivity contribution is 0.367. The quantitative estimate of drug-likeness (QED) is 0.432. The van der Waals surface area contributed by atoms with E-state index in [0.29, 0.717) is 0 Å². The van der Waals surface area contributed by atoms with Crippen LogP contribution in [0, 0.1) is 5.92 Å². The van der Waals surface area contributed by atoms with E-state index in [-0.39, 0.29) is 5.92 Å². The number of allylic oxidation sites excluding steroid dienone is 2. The number of halogens is 2. The van der Waals surface area contributed by atoms with Gasteiger partial charge >= 0.3 is 0 Å². The summed E-state index contributed by atoms with van der Waals surface area (Å²) in [7, 11) is 0. The van der Waals surface area contributed by atoms with Gasteiger partial charge in [-0.1, -0.05) is 52.4 Å². The highest BCUT2D eigenvalue weighted by Gasteiger charge is 2.16. The van der Waals surface area contributed by atoms with Crippen molar-refractivity contribution in [2.45, 2.75) is 72.1 Å². The van der Waals surface area contributed by atoms with E-state index in [9.17, 15) is 8.78 Å². The molecule has 0 saturated heterocycles. The molecular weight excluding hydrogens is 206 g/mol. The van der Waals surface area contributed by atoms with Gasteiger partial charge < -0.3 is 0 Å². The van der Waals surface area contributed by atoms with Crippen LogP contribution in [-0.2, 0) is 0 Å². The second kappa shape index (κ2) is 9.80. The van der Waals surface area contributed by atoms with E-state index < -0.39 is 11.7 Å². The van der Waals surface area contributed by atoms with Gasteiger partial charge in [-0.15, -0.1) is 0 Å². The number of hydrogen-bond acceptors (Lipinski definition) is 0. The molecule has 0 radical (unpaired) electrons. The zero-order valence-corrected chi connectivity index (χ0v) is 11.0. The molecule has 2 heteroatoms. The Morgan fingerprint density at radius 3 is 1.62 bits per heavy atom. The fourth-order valence-electron chi connectivity index (χ4n) is 1.96. The molecule has 0 aromatic carbocycles. The van der Waals surface area contributed by atoms with Crippen LogP contribution >= 0.6 is 0 Å². The van der Waals surface area contributed by atoms with Crippen molar-refractivity contribution in [1.82, 2.24) is 0 Å².